The number of aryl methyl sites for hydroxylation is 1. The van der Waals surface area contributed by atoms with E-state index in [1.54, 1.807) is 11.8 Å². The highest BCUT2D eigenvalue weighted by Gasteiger charge is 2.19. The van der Waals surface area contributed by atoms with Gasteiger partial charge in [0, 0.05) is 18.8 Å². The Labute approximate surface area is 108 Å². The Morgan fingerprint density at radius 1 is 1.39 bits per heavy atom. The van der Waals surface area contributed by atoms with E-state index < -0.39 is 5.82 Å². The molecule has 0 radical (unpaired) electrons. The lowest BCUT2D eigenvalue weighted by Crippen LogP contribution is -2.32. The number of unbranched alkanes of at least 4 members (excludes halogenated alkanes) is 1. The Morgan fingerprint density at radius 2 is 2.06 bits per heavy atom. The van der Waals surface area contributed by atoms with E-state index in [-0.39, 0.29) is 11.5 Å². The lowest BCUT2D eigenvalue weighted by Gasteiger charge is -2.21. The van der Waals surface area contributed by atoms with Crippen LogP contribution in [-0.2, 0) is 0 Å². The van der Waals surface area contributed by atoms with Crippen molar-refractivity contribution in [1.82, 2.24) is 4.90 Å². The summed E-state index contributed by atoms with van der Waals surface area (Å²) in [6.07, 6.45) is 1.92. The molecule has 4 heteroatoms. The molecule has 0 atom stereocenters. The van der Waals surface area contributed by atoms with Gasteiger partial charge in [-0.05, 0) is 38.0 Å². The maximum atomic E-state index is 13.9. The van der Waals surface area contributed by atoms with Crippen LogP contribution in [0.5, 0.6) is 0 Å². The van der Waals surface area contributed by atoms with Crippen molar-refractivity contribution in [2.45, 2.75) is 33.6 Å². The number of benzene rings is 1. The van der Waals surface area contributed by atoms with Crippen LogP contribution in [0.25, 0.3) is 0 Å². The van der Waals surface area contributed by atoms with Crippen LogP contribution >= 0.6 is 0 Å². The maximum Gasteiger partial charge on any atom is 0.256 e. The first-order valence-corrected chi connectivity index (χ1v) is 6.36. The van der Waals surface area contributed by atoms with Crippen molar-refractivity contribution in [2.24, 2.45) is 0 Å². The van der Waals surface area contributed by atoms with Crippen molar-refractivity contribution in [2.75, 3.05) is 18.8 Å². The van der Waals surface area contributed by atoms with E-state index >= 15 is 0 Å². The summed E-state index contributed by atoms with van der Waals surface area (Å²) >= 11 is 0. The first-order chi connectivity index (χ1) is 8.51. The number of rotatable bonds is 5. The van der Waals surface area contributed by atoms with Gasteiger partial charge in [0.1, 0.15) is 5.82 Å². The molecule has 0 spiro atoms. The maximum absolute atomic E-state index is 13.9. The summed E-state index contributed by atoms with van der Waals surface area (Å²) in [7, 11) is 0. The number of halogens is 1. The van der Waals surface area contributed by atoms with E-state index in [0.717, 1.165) is 12.8 Å². The largest absolute Gasteiger partial charge is 0.399 e. The Balaban J connectivity index is 3.01. The van der Waals surface area contributed by atoms with Gasteiger partial charge in [-0.15, -0.1) is 0 Å². The zero-order valence-electron chi connectivity index (χ0n) is 11.3. The van der Waals surface area contributed by atoms with Gasteiger partial charge in [-0.1, -0.05) is 13.3 Å². The summed E-state index contributed by atoms with van der Waals surface area (Å²) in [4.78, 5) is 13.9. The third-order valence-electron chi connectivity index (χ3n) is 2.96. The Bertz CT molecular complexity index is 432. The van der Waals surface area contributed by atoms with Gasteiger partial charge in [0.05, 0.1) is 5.56 Å². The number of amides is 1. The van der Waals surface area contributed by atoms with Crippen LogP contribution in [0.2, 0.25) is 0 Å². The van der Waals surface area contributed by atoms with E-state index in [1.165, 1.54) is 12.1 Å². The first-order valence-electron chi connectivity index (χ1n) is 6.36. The highest BCUT2D eigenvalue weighted by Crippen LogP contribution is 2.19. The predicted molar refractivity (Wildman–Crippen MR) is 72.0 cm³/mol. The second kappa shape index (κ2) is 6.38. The van der Waals surface area contributed by atoms with Crippen LogP contribution in [0.4, 0.5) is 10.1 Å². The van der Waals surface area contributed by atoms with Crippen LogP contribution in [0, 0.1) is 12.7 Å². The summed E-state index contributed by atoms with van der Waals surface area (Å²) in [5.41, 5.74) is 6.57. The summed E-state index contributed by atoms with van der Waals surface area (Å²) in [5.74, 6) is -0.747. The number of carbonyl (C=O) groups is 1. The van der Waals surface area contributed by atoms with E-state index in [4.69, 9.17) is 5.73 Å². The quantitative estimate of drug-likeness (QED) is 0.819. The molecule has 1 rings (SSSR count). The molecule has 0 fully saturated rings. The van der Waals surface area contributed by atoms with Crippen LogP contribution in [0.15, 0.2) is 12.1 Å². The molecule has 0 unspecified atom stereocenters. The molecule has 3 nitrogen and oxygen atoms in total. The van der Waals surface area contributed by atoms with Crippen molar-refractivity contribution < 1.29 is 9.18 Å². The second-order valence-corrected chi connectivity index (χ2v) is 4.44. The summed E-state index contributed by atoms with van der Waals surface area (Å²) in [5, 5.41) is 0. The molecule has 0 aliphatic rings. The molecular formula is C14H21FN2O. The highest BCUT2D eigenvalue weighted by atomic mass is 19.1. The number of nitrogens with two attached hydrogens (primary N) is 1. The Morgan fingerprint density at radius 3 is 2.61 bits per heavy atom. The molecular weight excluding hydrogens is 231 g/mol. The molecule has 0 saturated carbocycles. The smallest absolute Gasteiger partial charge is 0.256 e. The molecule has 100 valence electrons. The third-order valence-corrected chi connectivity index (χ3v) is 2.96. The van der Waals surface area contributed by atoms with Gasteiger partial charge in [0.2, 0.25) is 0 Å². The fourth-order valence-corrected chi connectivity index (χ4v) is 1.88. The minimum atomic E-state index is -0.468. The van der Waals surface area contributed by atoms with Crippen LogP contribution < -0.4 is 5.73 Å². The predicted octanol–water partition coefficient (Wildman–Crippen LogP) is 2.98. The van der Waals surface area contributed by atoms with Gasteiger partial charge in [0.25, 0.3) is 5.91 Å². The molecule has 0 aromatic heterocycles. The number of nitrogens with zero attached hydrogens (tertiary/aromatic N) is 1. The van der Waals surface area contributed by atoms with Crippen molar-refractivity contribution in [3.63, 3.8) is 0 Å². The molecule has 18 heavy (non-hydrogen) atoms. The summed E-state index contributed by atoms with van der Waals surface area (Å²) in [6, 6.07) is 2.95. The topological polar surface area (TPSA) is 46.3 Å². The molecule has 1 aromatic carbocycles. The van der Waals surface area contributed by atoms with Crippen LogP contribution in [0.1, 0.15) is 42.6 Å². The van der Waals surface area contributed by atoms with Crippen molar-refractivity contribution in [3.05, 3.63) is 29.1 Å². The van der Waals surface area contributed by atoms with E-state index in [1.807, 2.05) is 6.92 Å². The average Bonchev–Trinajstić information content (AvgIpc) is 2.34. The molecule has 0 aliphatic heterocycles. The van der Waals surface area contributed by atoms with Gasteiger partial charge in [-0.2, -0.15) is 0 Å². The Kier molecular flexibility index (Phi) is 5.13. The molecule has 0 bridgehead atoms. The van der Waals surface area contributed by atoms with Crippen molar-refractivity contribution in [1.29, 1.82) is 0 Å². The monoisotopic (exact) mass is 252 g/mol. The van der Waals surface area contributed by atoms with Crippen LogP contribution in [0.3, 0.4) is 0 Å². The fourth-order valence-electron chi connectivity index (χ4n) is 1.88. The highest BCUT2D eigenvalue weighted by molar-refractivity contribution is 5.95. The molecule has 1 aromatic rings. The standard InChI is InChI=1S/C14H21FN2O/c1-4-6-7-17(5-2)14(18)12-9-11(16)8-10(3)13(12)15/h8-9H,4-7,16H2,1-3H3. The zero-order valence-corrected chi connectivity index (χ0v) is 11.3. The SMILES string of the molecule is CCCCN(CC)C(=O)c1cc(N)cc(C)c1F. The molecule has 0 saturated heterocycles. The Hall–Kier alpha value is -1.58. The van der Waals surface area contributed by atoms with Gasteiger partial charge >= 0.3 is 0 Å². The number of nitrogen functional groups attached to an aromatic ring is 1. The fraction of sp³-hybridized carbons (Fsp3) is 0.500. The summed E-state index contributed by atoms with van der Waals surface area (Å²) in [6.45, 7) is 6.80. The van der Waals surface area contributed by atoms with E-state index in [0.29, 0.717) is 24.3 Å². The number of anilines is 1. The number of hydrogen-bond donors (Lipinski definition) is 1. The van der Waals surface area contributed by atoms with Gasteiger partial charge in [-0.25, -0.2) is 4.39 Å². The van der Waals surface area contributed by atoms with Crippen molar-refractivity contribution in [3.8, 4) is 0 Å². The van der Waals surface area contributed by atoms with Gasteiger partial charge in [-0.3, -0.25) is 4.79 Å². The molecule has 2 N–H and O–H groups in total. The number of carbonyl (C=O) groups excluding carboxylic acids is 1. The molecule has 0 heterocycles. The summed E-state index contributed by atoms with van der Waals surface area (Å²) < 4.78 is 13.9. The van der Waals surface area contributed by atoms with E-state index in [2.05, 4.69) is 6.92 Å². The average molecular weight is 252 g/mol. The normalized spacial score (nSPS) is 10.4. The van der Waals surface area contributed by atoms with Crippen molar-refractivity contribution >= 4 is 11.6 Å². The van der Waals surface area contributed by atoms with Gasteiger partial charge < -0.3 is 10.6 Å². The minimum absolute atomic E-state index is 0.0745. The first kappa shape index (κ1) is 14.5. The molecule has 0 aliphatic carbocycles. The minimum Gasteiger partial charge on any atom is -0.399 e. The lowest BCUT2D eigenvalue weighted by atomic mass is 10.1. The third kappa shape index (κ3) is 3.22. The van der Waals surface area contributed by atoms with E-state index in [9.17, 15) is 9.18 Å². The van der Waals surface area contributed by atoms with Crippen LogP contribution in [-0.4, -0.2) is 23.9 Å². The number of hydrogen-bond acceptors (Lipinski definition) is 2. The van der Waals surface area contributed by atoms with Gasteiger partial charge in [0.15, 0.2) is 0 Å². The molecule has 1 amide bonds. The zero-order chi connectivity index (χ0) is 13.7. The lowest BCUT2D eigenvalue weighted by molar-refractivity contribution is 0.0757. The second-order valence-electron chi connectivity index (χ2n) is 4.44.